The Kier molecular flexibility index (Phi) is 5.09. The number of aromatic nitrogens is 4. The Labute approximate surface area is 183 Å². The molecule has 0 atom stereocenters. The number of amides is 1. The monoisotopic (exact) mass is 435 g/mol. The van der Waals surface area contributed by atoms with Crippen molar-refractivity contribution >= 4 is 44.4 Å². The normalized spacial score (nSPS) is 14.0. The summed E-state index contributed by atoms with van der Waals surface area (Å²) in [5.74, 6) is 1.13. The first-order valence-corrected chi connectivity index (χ1v) is 11.7. The number of rotatable bonds is 4. The second-order valence-electron chi connectivity index (χ2n) is 8.06. The number of para-hydroxylation sites is 2. The van der Waals surface area contributed by atoms with E-state index in [1.807, 2.05) is 35.8 Å². The van der Waals surface area contributed by atoms with E-state index < -0.39 is 0 Å². The van der Waals surface area contributed by atoms with E-state index in [9.17, 15) is 9.59 Å². The Morgan fingerprint density at radius 2 is 2.03 bits per heavy atom. The lowest BCUT2D eigenvalue weighted by Crippen LogP contribution is -2.24. The molecule has 0 spiro atoms. The molecule has 0 saturated carbocycles. The first-order valence-electron chi connectivity index (χ1n) is 10.9. The molecular weight excluding hydrogens is 410 g/mol. The van der Waals surface area contributed by atoms with E-state index in [1.165, 1.54) is 11.3 Å². The number of hydrogen-bond donors (Lipinski definition) is 1. The quantitative estimate of drug-likeness (QED) is 0.511. The number of carbonyl (C=O) groups excluding carboxylic acids is 1. The Bertz CT molecular complexity index is 1360. The van der Waals surface area contributed by atoms with Crippen LogP contribution in [0.4, 0.5) is 5.95 Å². The Morgan fingerprint density at radius 3 is 2.87 bits per heavy atom. The van der Waals surface area contributed by atoms with Crippen molar-refractivity contribution in [2.24, 2.45) is 0 Å². The van der Waals surface area contributed by atoms with E-state index in [0.717, 1.165) is 55.5 Å². The lowest BCUT2D eigenvalue weighted by Gasteiger charge is -2.09. The molecule has 1 N–H and O–H groups in total. The Hall–Kier alpha value is -3.00. The molecule has 0 fully saturated rings. The number of imidazole rings is 1. The van der Waals surface area contributed by atoms with Gasteiger partial charge in [-0.05, 0) is 43.9 Å². The average molecular weight is 436 g/mol. The van der Waals surface area contributed by atoms with Gasteiger partial charge in [0.25, 0.3) is 11.5 Å². The summed E-state index contributed by atoms with van der Waals surface area (Å²) in [6.07, 6.45) is 4.89. The second kappa shape index (κ2) is 7.92. The van der Waals surface area contributed by atoms with Crippen LogP contribution in [0.25, 0.3) is 21.3 Å². The van der Waals surface area contributed by atoms with Crippen LogP contribution in [-0.4, -0.2) is 25.0 Å². The van der Waals surface area contributed by atoms with Crippen LogP contribution in [-0.2, 0) is 19.5 Å². The van der Waals surface area contributed by atoms with E-state index in [2.05, 4.69) is 17.2 Å². The molecule has 4 heterocycles. The zero-order valence-corrected chi connectivity index (χ0v) is 18.6. The van der Waals surface area contributed by atoms with Gasteiger partial charge in [0.15, 0.2) is 0 Å². The summed E-state index contributed by atoms with van der Waals surface area (Å²) in [4.78, 5) is 37.0. The minimum absolute atomic E-state index is 0.0204. The first kappa shape index (κ1) is 19.9. The molecule has 1 aliphatic heterocycles. The van der Waals surface area contributed by atoms with Crippen LogP contribution in [0.15, 0.2) is 29.1 Å². The molecule has 7 nitrogen and oxygen atoms in total. The van der Waals surface area contributed by atoms with E-state index >= 15 is 0 Å². The fraction of sp³-hybridized carbons (Fsp3) is 0.391. The highest BCUT2D eigenvalue weighted by Gasteiger charge is 2.23. The van der Waals surface area contributed by atoms with Gasteiger partial charge in [0.05, 0.1) is 21.3 Å². The van der Waals surface area contributed by atoms with Gasteiger partial charge >= 0.3 is 0 Å². The van der Waals surface area contributed by atoms with Gasteiger partial charge in [-0.3, -0.25) is 19.5 Å². The summed E-state index contributed by atoms with van der Waals surface area (Å²) in [5.41, 5.74) is 2.53. The summed E-state index contributed by atoms with van der Waals surface area (Å²) < 4.78 is 3.84. The molecular formula is C23H25N5O2S. The molecule has 0 radical (unpaired) electrons. The number of anilines is 1. The highest BCUT2D eigenvalue weighted by atomic mass is 32.1. The van der Waals surface area contributed by atoms with Gasteiger partial charge in [-0.25, -0.2) is 9.97 Å². The topological polar surface area (TPSA) is 81.8 Å². The smallest absolute Gasteiger partial charge is 0.268 e. The number of carbonyl (C=O) groups is 1. The van der Waals surface area contributed by atoms with Crippen LogP contribution >= 0.6 is 11.3 Å². The number of nitrogens with zero attached hydrogens (tertiary/aromatic N) is 4. The SMILES string of the molecule is CCCn1c(NC(=O)c2sc3nc4n(c(=O)c3c2C)CCCCC4)nc2ccccc21. The van der Waals surface area contributed by atoms with Crippen molar-refractivity contribution in [1.82, 2.24) is 19.1 Å². The maximum absolute atomic E-state index is 13.2. The number of nitrogens with one attached hydrogen (secondary N) is 1. The van der Waals surface area contributed by atoms with E-state index in [0.29, 0.717) is 33.2 Å². The fourth-order valence-electron chi connectivity index (χ4n) is 4.41. The largest absolute Gasteiger partial charge is 0.310 e. The maximum atomic E-state index is 13.2. The lowest BCUT2D eigenvalue weighted by molar-refractivity contribution is 0.102. The van der Waals surface area contributed by atoms with E-state index in [4.69, 9.17) is 4.98 Å². The van der Waals surface area contributed by atoms with Gasteiger partial charge in [0, 0.05) is 19.5 Å². The molecule has 0 saturated heterocycles. The van der Waals surface area contributed by atoms with E-state index in [-0.39, 0.29) is 11.5 Å². The van der Waals surface area contributed by atoms with Gasteiger partial charge in [-0.15, -0.1) is 11.3 Å². The van der Waals surface area contributed by atoms with Gasteiger partial charge < -0.3 is 4.57 Å². The highest BCUT2D eigenvalue weighted by molar-refractivity contribution is 7.20. The number of fused-ring (bicyclic) bond motifs is 3. The van der Waals surface area contributed by atoms with Crippen molar-refractivity contribution in [3.63, 3.8) is 0 Å². The average Bonchev–Trinajstić information content (AvgIpc) is 3.15. The molecule has 4 aromatic rings. The van der Waals surface area contributed by atoms with Crippen molar-refractivity contribution in [2.75, 3.05) is 5.32 Å². The zero-order chi connectivity index (χ0) is 21.5. The van der Waals surface area contributed by atoms with Crippen LogP contribution in [0.2, 0.25) is 0 Å². The van der Waals surface area contributed by atoms with Crippen LogP contribution in [0.1, 0.15) is 53.7 Å². The summed E-state index contributed by atoms with van der Waals surface area (Å²) >= 11 is 1.30. The number of benzene rings is 1. The number of thiophene rings is 1. The second-order valence-corrected chi connectivity index (χ2v) is 9.06. The first-order chi connectivity index (χ1) is 15.1. The van der Waals surface area contributed by atoms with Crippen molar-refractivity contribution < 1.29 is 4.79 Å². The standard InChI is InChI=1S/C23H25N5O2S/c1-3-12-27-16-10-7-6-9-15(16)24-23(27)26-20(29)19-14(2)18-21(31-19)25-17-11-5-4-8-13-28(17)22(18)30/h6-7,9-10H,3-5,8,11-13H2,1-2H3,(H,24,26,29). The molecule has 8 heteroatoms. The highest BCUT2D eigenvalue weighted by Crippen LogP contribution is 2.29. The van der Waals surface area contributed by atoms with Gasteiger partial charge in [0.1, 0.15) is 10.7 Å². The summed E-state index contributed by atoms with van der Waals surface area (Å²) in [6.45, 7) is 5.40. The zero-order valence-electron chi connectivity index (χ0n) is 17.8. The minimum atomic E-state index is -0.243. The van der Waals surface area contributed by atoms with Crippen LogP contribution < -0.4 is 10.9 Å². The molecule has 1 aliphatic rings. The van der Waals surface area contributed by atoms with Crippen molar-refractivity contribution in [2.45, 2.75) is 59.0 Å². The van der Waals surface area contributed by atoms with Crippen molar-refractivity contribution in [3.05, 3.63) is 50.9 Å². The van der Waals surface area contributed by atoms with Gasteiger partial charge in [-0.2, -0.15) is 0 Å². The number of aryl methyl sites for hydroxylation is 3. The molecule has 3 aromatic heterocycles. The van der Waals surface area contributed by atoms with Crippen LogP contribution in [0, 0.1) is 6.92 Å². The molecule has 31 heavy (non-hydrogen) atoms. The summed E-state index contributed by atoms with van der Waals surface area (Å²) in [5, 5.41) is 3.56. The van der Waals surface area contributed by atoms with Gasteiger partial charge in [-0.1, -0.05) is 25.5 Å². The molecule has 0 unspecified atom stereocenters. The third-order valence-electron chi connectivity index (χ3n) is 5.94. The molecule has 1 aromatic carbocycles. The third kappa shape index (κ3) is 3.35. The number of hydrogen-bond acceptors (Lipinski definition) is 5. The van der Waals surface area contributed by atoms with Gasteiger partial charge in [0.2, 0.25) is 5.95 Å². The molecule has 0 aliphatic carbocycles. The Balaban J connectivity index is 1.56. The lowest BCUT2D eigenvalue weighted by atomic mass is 10.2. The molecule has 5 rings (SSSR count). The van der Waals surface area contributed by atoms with Crippen LogP contribution in [0.3, 0.4) is 0 Å². The maximum Gasteiger partial charge on any atom is 0.268 e. The van der Waals surface area contributed by atoms with E-state index in [1.54, 1.807) is 4.57 Å². The third-order valence-corrected chi connectivity index (χ3v) is 7.13. The van der Waals surface area contributed by atoms with Crippen molar-refractivity contribution in [1.29, 1.82) is 0 Å². The summed E-state index contributed by atoms with van der Waals surface area (Å²) in [7, 11) is 0. The minimum Gasteiger partial charge on any atom is -0.310 e. The predicted octanol–water partition coefficient (Wildman–Crippen LogP) is 4.50. The van der Waals surface area contributed by atoms with Crippen LogP contribution in [0.5, 0.6) is 0 Å². The molecule has 1 amide bonds. The molecule has 160 valence electrons. The Morgan fingerprint density at radius 1 is 1.19 bits per heavy atom. The predicted molar refractivity (Wildman–Crippen MR) is 124 cm³/mol. The fourth-order valence-corrected chi connectivity index (χ4v) is 5.49. The summed E-state index contributed by atoms with van der Waals surface area (Å²) in [6, 6.07) is 7.87. The molecule has 0 bridgehead atoms. The van der Waals surface area contributed by atoms with Crippen molar-refractivity contribution in [3.8, 4) is 0 Å².